The van der Waals surface area contributed by atoms with Gasteiger partial charge in [0.25, 0.3) is 0 Å². The Morgan fingerprint density at radius 1 is 1.05 bits per heavy atom. The van der Waals surface area contributed by atoms with Crippen molar-refractivity contribution in [2.45, 2.75) is 25.0 Å². The number of rotatable bonds is 6. The zero-order valence-electron chi connectivity index (χ0n) is 12.7. The first-order valence-corrected chi connectivity index (χ1v) is 7.18. The van der Waals surface area contributed by atoms with E-state index in [0.717, 1.165) is 25.4 Å². The van der Waals surface area contributed by atoms with Crippen molar-refractivity contribution in [3.05, 3.63) is 29.8 Å². The lowest BCUT2D eigenvalue weighted by atomic mass is 9.89. The number of benzene rings is 1. The summed E-state index contributed by atoms with van der Waals surface area (Å²) in [5.41, 5.74) is 1.42. The molecule has 1 aromatic carbocycles. The Bertz CT molecular complexity index is 381. The van der Waals surface area contributed by atoms with Gasteiger partial charge in [-0.2, -0.15) is 0 Å². The highest BCUT2D eigenvalue weighted by atomic mass is 16.7. The summed E-state index contributed by atoms with van der Waals surface area (Å²) in [7, 11) is 5.09. The van der Waals surface area contributed by atoms with Crippen LogP contribution in [0, 0.1) is 0 Å². The van der Waals surface area contributed by atoms with Crippen molar-refractivity contribution in [2.24, 2.45) is 0 Å². The van der Waals surface area contributed by atoms with Crippen molar-refractivity contribution in [3.63, 3.8) is 0 Å². The van der Waals surface area contributed by atoms with Gasteiger partial charge in [-0.05, 0) is 49.5 Å². The minimum absolute atomic E-state index is 0.118. The van der Waals surface area contributed by atoms with E-state index in [1.54, 1.807) is 21.3 Å². The van der Waals surface area contributed by atoms with E-state index in [-0.39, 0.29) is 6.29 Å². The molecule has 1 aliphatic heterocycles. The quantitative estimate of drug-likeness (QED) is 0.749. The number of nitrogens with zero attached hydrogens (tertiary/aromatic N) is 1. The molecule has 0 aliphatic carbocycles. The number of hydrogen-bond donors (Lipinski definition) is 0. The Hall–Kier alpha value is -1.10. The van der Waals surface area contributed by atoms with Crippen molar-refractivity contribution in [2.75, 3.05) is 41.0 Å². The fourth-order valence-corrected chi connectivity index (χ4v) is 2.78. The van der Waals surface area contributed by atoms with E-state index in [1.807, 2.05) is 12.1 Å². The van der Waals surface area contributed by atoms with Crippen LogP contribution in [0.4, 0.5) is 0 Å². The molecular weight excluding hydrogens is 254 g/mol. The van der Waals surface area contributed by atoms with Crippen LogP contribution in [0.1, 0.15) is 24.3 Å². The maximum absolute atomic E-state index is 5.26. The molecule has 1 fully saturated rings. The van der Waals surface area contributed by atoms with Gasteiger partial charge in [0.2, 0.25) is 0 Å². The lowest BCUT2D eigenvalue weighted by molar-refractivity contribution is -0.118. The summed E-state index contributed by atoms with van der Waals surface area (Å²) in [5.74, 6) is 1.58. The average molecular weight is 279 g/mol. The third-order valence-corrected chi connectivity index (χ3v) is 4.11. The second-order valence-electron chi connectivity index (χ2n) is 5.25. The maximum Gasteiger partial charge on any atom is 0.169 e. The van der Waals surface area contributed by atoms with Gasteiger partial charge in [0.05, 0.1) is 7.11 Å². The Balaban J connectivity index is 1.84. The first-order chi connectivity index (χ1) is 9.76. The maximum atomic E-state index is 5.26. The number of piperidine rings is 1. The van der Waals surface area contributed by atoms with Crippen LogP contribution in [0.2, 0.25) is 0 Å². The molecule has 1 aliphatic rings. The zero-order valence-corrected chi connectivity index (χ0v) is 12.7. The van der Waals surface area contributed by atoms with E-state index < -0.39 is 0 Å². The molecule has 0 bridgehead atoms. The molecular formula is C16H25NO3. The van der Waals surface area contributed by atoms with Gasteiger partial charge in [0.15, 0.2) is 6.29 Å². The third kappa shape index (κ3) is 3.95. The second-order valence-corrected chi connectivity index (χ2v) is 5.25. The number of methoxy groups -OCH3 is 3. The number of likely N-dealkylation sites (tertiary alicyclic amines) is 1. The minimum Gasteiger partial charge on any atom is -0.497 e. The first-order valence-electron chi connectivity index (χ1n) is 7.18. The summed E-state index contributed by atoms with van der Waals surface area (Å²) < 4.78 is 15.7. The Morgan fingerprint density at radius 3 is 2.15 bits per heavy atom. The number of hydrogen-bond acceptors (Lipinski definition) is 4. The van der Waals surface area contributed by atoms with Crippen molar-refractivity contribution >= 4 is 0 Å². The molecule has 1 aromatic rings. The van der Waals surface area contributed by atoms with Crippen LogP contribution in [0.3, 0.4) is 0 Å². The van der Waals surface area contributed by atoms with Gasteiger partial charge < -0.3 is 14.2 Å². The van der Waals surface area contributed by atoms with Gasteiger partial charge >= 0.3 is 0 Å². The van der Waals surface area contributed by atoms with Crippen LogP contribution in [-0.2, 0) is 9.47 Å². The normalized spacial score (nSPS) is 17.6. The van der Waals surface area contributed by atoms with E-state index in [1.165, 1.54) is 18.4 Å². The zero-order chi connectivity index (χ0) is 14.4. The molecule has 0 amide bonds. The van der Waals surface area contributed by atoms with Crippen LogP contribution in [-0.4, -0.2) is 52.2 Å². The molecule has 0 atom stereocenters. The van der Waals surface area contributed by atoms with E-state index in [0.29, 0.717) is 5.92 Å². The van der Waals surface area contributed by atoms with Gasteiger partial charge in [-0.1, -0.05) is 12.1 Å². The summed E-state index contributed by atoms with van der Waals surface area (Å²) >= 11 is 0. The molecule has 1 saturated heterocycles. The van der Waals surface area contributed by atoms with Crippen molar-refractivity contribution in [1.29, 1.82) is 0 Å². The summed E-state index contributed by atoms with van der Waals surface area (Å²) in [4.78, 5) is 2.41. The first kappa shape index (κ1) is 15.3. The molecule has 0 N–H and O–H groups in total. The van der Waals surface area contributed by atoms with Crippen molar-refractivity contribution in [1.82, 2.24) is 4.90 Å². The summed E-state index contributed by atoms with van der Waals surface area (Å²) in [6.07, 6.45) is 2.26. The third-order valence-electron chi connectivity index (χ3n) is 4.11. The largest absolute Gasteiger partial charge is 0.497 e. The second kappa shape index (κ2) is 7.62. The van der Waals surface area contributed by atoms with Crippen LogP contribution in [0.5, 0.6) is 5.75 Å². The molecule has 20 heavy (non-hydrogen) atoms. The lowest BCUT2D eigenvalue weighted by Crippen LogP contribution is -2.39. The number of ether oxygens (including phenoxy) is 3. The molecule has 4 nitrogen and oxygen atoms in total. The predicted molar refractivity (Wildman–Crippen MR) is 79.2 cm³/mol. The molecule has 2 rings (SSSR count). The lowest BCUT2D eigenvalue weighted by Gasteiger charge is -2.33. The highest BCUT2D eigenvalue weighted by Gasteiger charge is 2.22. The molecule has 0 aromatic heterocycles. The van der Waals surface area contributed by atoms with E-state index in [9.17, 15) is 0 Å². The van der Waals surface area contributed by atoms with Gasteiger partial charge in [0, 0.05) is 20.8 Å². The molecule has 4 heteroatoms. The fourth-order valence-electron chi connectivity index (χ4n) is 2.78. The molecule has 0 radical (unpaired) electrons. The Kier molecular flexibility index (Phi) is 5.83. The fraction of sp³-hybridized carbons (Fsp3) is 0.625. The molecule has 0 unspecified atom stereocenters. The topological polar surface area (TPSA) is 30.9 Å². The van der Waals surface area contributed by atoms with Crippen molar-refractivity contribution < 1.29 is 14.2 Å². The van der Waals surface area contributed by atoms with Gasteiger partial charge in [-0.15, -0.1) is 0 Å². The van der Waals surface area contributed by atoms with E-state index >= 15 is 0 Å². The van der Waals surface area contributed by atoms with E-state index in [2.05, 4.69) is 17.0 Å². The minimum atomic E-state index is -0.118. The highest BCUT2D eigenvalue weighted by Crippen LogP contribution is 2.29. The summed E-state index contributed by atoms with van der Waals surface area (Å²) in [6, 6.07) is 8.47. The highest BCUT2D eigenvalue weighted by molar-refractivity contribution is 5.29. The van der Waals surface area contributed by atoms with Crippen LogP contribution >= 0.6 is 0 Å². The summed E-state index contributed by atoms with van der Waals surface area (Å²) in [5, 5.41) is 0. The van der Waals surface area contributed by atoms with Crippen LogP contribution in [0.25, 0.3) is 0 Å². The van der Waals surface area contributed by atoms with Gasteiger partial charge in [0.1, 0.15) is 5.75 Å². The molecule has 0 saturated carbocycles. The van der Waals surface area contributed by atoms with Crippen molar-refractivity contribution in [3.8, 4) is 5.75 Å². The standard InChI is InChI=1S/C16H25NO3/c1-18-15-6-4-13(5-7-15)14-8-10-17(11-9-14)12-16(19-2)20-3/h4-7,14,16H,8-12H2,1-3H3. The van der Waals surface area contributed by atoms with Gasteiger partial charge in [-0.3, -0.25) is 4.90 Å². The van der Waals surface area contributed by atoms with Crippen LogP contribution in [0.15, 0.2) is 24.3 Å². The molecule has 1 heterocycles. The van der Waals surface area contributed by atoms with E-state index in [4.69, 9.17) is 14.2 Å². The monoisotopic (exact) mass is 279 g/mol. The average Bonchev–Trinajstić information content (AvgIpc) is 2.53. The Morgan fingerprint density at radius 2 is 1.65 bits per heavy atom. The molecule has 0 spiro atoms. The van der Waals surface area contributed by atoms with Gasteiger partial charge in [-0.25, -0.2) is 0 Å². The Labute approximate surface area is 121 Å². The SMILES string of the molecule is COc1ccc(C2CCN(CC(OC)OC)CC2)cc1. The van der Waals surface area contributed by atoms with Crippen LogP contribution < -0.4 is 4.74 Å². The smallest absolute Gasteiger partial charge is 0.169 e. The molecule has 112 valence electrons. The summed E-state index contributed by atoms with van der Waals surface area (Å²) in [6.45, 7) is 3.04. The predicted octanol–water partition coefficient (Wildman–Crippen LogP) is 2.49.